The molecule has 104 valence electrons. The van der Waals surface area contributed by atoms with Gasteiger partial charge in [-0.2, -0.15) is 0 Å². The number of carbonyl (C=O) groups is 2. The van der Waals surface area contributed by atoms with Crippen molar-refractivity contribution in [3.63, 3.8) is 0 Å². The van der Waals surface area contributed by atoms with Gasteiger partial charge in [-0.05, 0) is 26.2 Å². The summed E-state index contributed by atoms with van der Waals surface area (Å²) in [6.45, 7) is 4.57. The summed E-state index contributed by atoms with van der Waals surface area (Å²) in [5.41, 5.74) is 0. The Kier molecular flexibility index (Phi) is 5.91. The van der Waals surface area contributed by atoms with Crippen molar-refractivity contribution < 1.29 is 19.4 Å². The third-order valence-electron chi connectivity index (χ3n) is 3.23. The molecule has 3 unspecified atom stereocenters. The zero-order valence-corrected chi connectivity index (χ0v) is 10.9. The molecule has 1 saturated heterocycles. The first-order chi connectivity index (χ1) is 8.54. The van der Waals surface area contributed by atoms with Crippen LogP contribution in [0, 0.1) is 5.92 Å². The number of urea groups is 1. The zero-order chi connectivity index (χ0) is 13.5. The lowest BCUT2D eigenvalue weighted by Gasteiger charge is -2.20. The van der Waals surface area contributed by atoms with Crippen LogP contribution in [-0.4, -0.2) is 42.4 Å². The van der Waals surface area contributed by atoms with Gasteiger partial charge in [-0.1, -0.05) is 6.92 Å². The van der Waals surface area contributed by atoms with Crippen molar-refractivity contribution in [3.05, 3.63) is 0 Å². The van der Waals surface area contributed by atoms with Crippen LogP contribution in [0.2, 0.25) is 0 Å². The molecule has 3 atom stereocenters. The summed E-state index contributed by atoms with van der Waals surface area (Å²) in [7, 11) is 0. The molecule has 18 heavy (non-hydrogen) atoms. The maximum absolute atomic E-state index is 11.6. The fraction of sp³-hybridized carbons (Fsp3) is 0.833. The number of carbonyl (C=O) groups excluding carboxylic acids is 1. The summed E-state index contributed by atoms with van der Waals surface area (Å²) in [4.78, 5) is 22.4. The lowest BCUT2D eigenvalue weighted by atomic mass is 10.1. The quantitative estimate of drug-likeness (QED) is 0.662. The van der Waals surface area contributed by atoms with Crippen molar-refractivity contribution in [2.75, 3.05) is 13.2 Å². The van der Waals surface area contributed by atoms with E-state index in [2.05, 4.69) is 10.6 Å². The molecule has 0 aromatic carbocycles. The van der Waals surface area contributed by atoms with Gasteiger partial charge in [0, 0.05) is 13.2 Å². The van der Waals surface area contributed by atoms with E-state index < -0.39 is 11.9 Å². The van der Waals surface area contributed by atoms with E-state index in [4.69, 9.17) is 9.84 Å². The minimum atomic E-state index is -0.884. The zero-order valence-electron chi connectivity index (χ0n) is 10.9. The van der Waals surface area contributed by atoms with E-state index in [1.165, 1.54) is 0 Å². The number of aliphatic carboxylic acids is 1. The normalized spacial score (nSPS) is 22.2. The third kappa shape index (κ3) is 4.52. The second-order valence-electron chi connectivity index (χ2n) is 4.64. The maximum atomic E-state index is 11.6. The molecule has 1 heterocycles. The molecule has 0 radical (unpaired) electrons. The molecule has 6 heteroatoms. The van der Waals surface area contributed by atoms with Gasteiger partial charge in [0.2, 0.25) is 0 Å². The van der Waals surface area contributed by atoms with Crippen molar-refractivity contribution >= 4 is 12.0 Å². The first kappa shape index (κ1) is 14.8. The highest BCUT2D eigenvalue weighted by molar-refractivity contribution is 5.76. The third-order valence-corrected chi connectivity index (χ3v) is 3.23. The van der Waals surface area contributed by atoms with E-state index in [9.17, 15) is 9.59 Å². The number of hydrogen-bond acceptors (Lipinski definition) is 3. The highest BCUT2D eigenvalue weighted by Crippen LogP contribution is 2.15. The molecule has 1 fully saturated rings. The van der Waals surface area contributed by atoms with Crippen LogP contribution in [0.1, 0.15) is 33.1 Å². The predicted molar refractivity (Wildman–Crippen MR) is 66.4 cm³/mol. The van der Waals surface area contributed by atoms with Crippen LogP contribution >= 0.6 is 0 Å². The van der Waals surface area contributed by atoms with Gasteiger partial charge in [-0.25, -0.2) is 4.79 Å². The Labute approximate surface area is 107 Å². The Morgan fingerprint density at radius 3 is 2.72 bits per heavy atom. The van der Waals surface area contributed by atoms with Crippen LogP contribution in [0.4, 0.5) is 4.79 Å². The van der Waals surface area contributed by atoms with Gasteiger partial charge >= 0.3 is 12.0 Å². The molecular weight excluding hydrogens is 236 g/mol. The number of ether oxygens (including phenoxy) is 1. The molecule has 1 rings (SSSR count). The van der Waals surface area contributed by atoms with Gasteiger partial charge in [0.05, 0.1) is 18.1 Å². The van der Waals surface area contributed by atoms with Crippen molar-refractivity contribution in [2.45, 2.75) is 45.3 Å². The maximum Gasteiger partial charge on any atom is 0.315 e. The Morgan fingerprint density at radius 2 is 2.22 bits per heavy atom. The molecule has 0 bridgehead atoms. The van der Waals surface area contributed by atoms with E-state index in [0.29, 0.717) is 6.42 Å². The van der Waals surface area contributed by atoms with Crippen LogP contribution in [0.3, 0.4) is 0 Å². The minimum Gasteiger partial charge on any atom is -0.481 e. The lowest BCUT2D eigenvalue weighted by Crippen LogP contribution is -2.47. The number of nitrogens with one attached hydrogen (secondary N) is 2. The summed E-state index contributed by atoms with van der Waals surface area (Å²) in [5, 5.41) is 14.2. The van der Waals surface area contributed by atoms with Crippen molar-refractivity contribution in [3.8, 4) is 0 Å². The van der Waals surface area contributed by atoms with E-state index in [-0.39, 0.29) is 24.7 Å². The van der Waals surface area contributed by atoms with Gasteiger partial charge in [-0.15, -0.1) is 0 Å². The van der Waals surface area contributed by atoms with Crippen molar-refractivity contribution in [1.29, 1.82) is 0 Å². The molecule has 3 N–H and O–H groups in total. The van der Waals surface area contributed by atoms with Gasteiger partial charge in [0.25, 0.3) is 0 Å². The highest BCUT2D eigenvalue weighted by Gasteiger charge is 2.24. The number of rotatable bonds is 6. The number of carboxylic acid groups (broad SMARTS) is 1. The van der Waals surface area contributed by atoms with E-state index >= 15 is 0 Å². The van der Waals surface area contributed by atoms with Crippen LogP contribution in [-0.2, 0) is 9.53 Å². The van der Waals surface area contributed by atoms with Crippen molar-refractivity contribution in [1.82, 2.24) is 10.6 Å². The molecule has 0 aromatic heterocycles. The first-order valence-electron chi connectivity index (χ1n) is 6.43. The Morgan fingerprint density at radius 1 is 1.50 bits per heavy atom. The topological polar surface area (TPSA) is 87.7 Å². The summed E-state index contributed by atoms with van der Waals surface area (Å²) in [6, 6.07) is -0.393. The molecule has 6 nitrogen and oxygen atoms in total. The molecule has 1 aliphatic heterocycles. The molecular formula is C12H22N2O4. The summed E-state index contributed by atoms with van der Waals surface area (Å²) in [5.74, 6) is -1.42. The number of carboxylic acids is 1. The number of hydrogen-bond donors (Lipinski definition) is 3. The highest BCUT2D eigenvalue weighted by atomic mass is 16.5. The Bertz CT molecular complexity index is 290. The van der Waals surface area contributed by atoms with Gasteiger partial charge < -0.3 is 20.5 Å². The minimum absolute atomic E-state index is 0.0580. The summed E-state index contributed by atoms with van der Waals surface area (Å²) < 4.78 is 5.46. The summed E-state index contributed by atoms with van der Waals surface area (Å²) in [6.07, 6.45) is 2.54. The molecule has 0 aromatic rings. The van der Waals surface area contributed by atoms with E-state index in [1.807, 2.05) is 6.92 Å². The van der Waals surface area contributed by atoms with Gasteiger partial charge in [0.1, 0.15) is 0 Å². The van der Waals surface area contributed by atoms with Crippen molar-refractivity contribution in [2.24, 2.45) is 5.92 Å². The standard InChI is InChI=1S/C12H22N2O4/c1-3-9(11(15)16)7-13-12(17)14-8(2)10-5-4-6-18-10/h8-10H,3-7H2,1-2H3,(H,15,16)(H2,13,14,17). The molecule has 0 saturated carbocycles. The monoisotopic (exact) mass is 258 g/mol. The first-order valence-corrected chi connectivity index (χ1v) is 6.43. The molecule has 0 aliphatic carbocycles. The van der Waals surface area contributed by atoms with Crippen LogP contribution in [0.15, 0.2) is 0 Å². The fourth-order valence-electron chi connectivity index (χ4n) is 1.97. The second-order valence-corrected chi connectivity index (χ2v) is 4.64. The average molecular weight is 258 g/mol. The second kappa shape index (κ2) is 7.20. The van der Waals surface area contributed by atoms with Crippen LogP contribution in [0.25, 0.3) is 0 Å². The lowest BCUT2D eigenvalue weighted by molar-refractivity contribution is -0.141. The largest absolute Gasteiger partial charge is 0.481 e. The Hall–Kier alpha value is -1.30. The van der Waals surface area contributed by atoms with Gasteiger partial charge in [0.15, 0.2) is 0 Å². The molecule has 0 spiro atoms. The smallest absolute Gasteiger partial charge is 0.315 e. The van der Waals surface area contributed by atoms with Crippen LogP contribution < -0.4 is 10.6 Å². The molecule has 1 aliphatic rings. The SMILES string of the molecule is CCC(CNC(=O)NC(C)C1CCCO1)C(=O)O. The van der Waals surface area contributed by atoms with Gasteiger partial charge in [-0.3, -0.25) is 4.79 Å². The summed E-state index contributed by atoms with van der Waals surface area (Å²) >= 11 is 0. The van der Waals surface area contributed by atoms with E-state index in [0.717, 1.165) is 19.4 Å². The number of amides is 2. The molecule has 2 amide bonds. The fourth-order valence-corrected chi connectivity index (χ4v) is 1.97. The average Bonchev–Trinajstić information content (AvgIpc) is 2.82. The van der Waals surface area contributed by atoms with E-state index in [1.54, 1.807) is 6.92 Å². The predicted octanol–water partition coefficient (Wildman–Crippen LogP) is 0.964. The Balaban J connectivity index is 2.26. The van der Waals surface area contributed by atoms with Crippen LogP contribution in [0.5, 0.6) is 0 Å².